The van der Waals surface area contributed by atoms with E-state index in [0.29, 0.717) is 0 Å². The van der Waals surface area contributed by atoms with Crippen molar-refractivity contribution < 1.29 is 14.3 Å². The van der Waals surface area contributed by atoms with Crippen LogP contribution in [0.5, 0.6) is 11.5 Å². The van der Waals surface area contributed by atoms with Crippen molar-refractivity contribution in [3.8, 4) is 11.5 Å². The minimum atomic E-state index is -0.0108. The van der Waals surface area contributed by atoms with Crippen LogP contribution in [0.25, 0.3) is 0 Å². The minimum Gasteiger partial charge on any atom is -0.482 e. The van der Waals surface area contributed by atoms with E-state index in [-0.39, 0.29) is 19.0 Å². The van der Waals surface area contributed by atoms with Gasteiger partial charge in [-0.15, -0.1) is 0 Å². The fourth-order valence-corrected chi connectivity index (χ4v) is 2.13. The summed E-state index contributed by atoms with van der Waals surface area (Å²) in [5.41, 5.74) is 2.40. The molecular weight excluding hydrogens is 228 g/mol. The number of hydrogen-bond acceptors (Lipinski definition) is 3. The number of Topliss-reactive ketones (excluding diaryl/α,β-unsaturated/α-hetero) is 1. The highest BCUT2D eigenvalue weighted by atomic mass is 16.5. The van der Waals surface area contributed by atoms with E-state index in [0.717, 1.165) is 29.9 Å². The van der Waals surface area contributed by atoms with E-state index >= 15 is 0 Å². The van der Waals surface area contributed by atoms with Crippen molar-refractivity contribution in [2.45, 2.75) is 39.5 Å². The van der Waals surface area contributed by atoms with Gasteiger partial charge in [-0.25, -0.2) is 0 Å². The SMILES string of the molecule is CCCCc1cc(CC)c2c(c1)OCC(=O)CO2. The molecule has 0 amide bonds. The number of benzene rings is 1. The molecule has 0 N–H and O–H groups in total. The molecule has 0 aliphatic carbocycles. The molecular formula is C15H20O3. The predicted octanol–water partition coefficient (Wildman–Crippen LogP) is 2.93. The molecule has 3 nitrogen and oxygen atoms in total. The van der Waals surface area contributed by atoms with E-state index < -0.39 is 0 Å². The Morgan fingerprint density at radius 3 is 2.67 bits per heavy atom. The standard InChI is InChI=1S/C15H20O3/c1-3-5-6-11-7-12(4-2)15-14(8-11)17-9-13(16)10-18-15/h7-8H,3-6,9-10H2,1-2H3. The van der Waals surface area contributed by atoms with Crippen LogP contribution in [0, 0.1) is 0 Å². The summed E-state index contributed by atoms with van der Waals surface area (Å²) < 4.78 is 11.1. The zero-order valence-corrected chi connectivity index (χ0v) is 11.1. The Labute approximate surface area is 108 Å². The van der Waals surface area contributed by atoms with Gasteiger partial charge in [0.1, 0.15) is 0 Å². The summed E-state index contributed by atoms with van der Waals surface area (Å²) in [7, 11) is 0. The molecule has 0 aromatic heterocycles. The summed E-state index contributed by atoms with van der Waals surface area (Å²) in [5.74, 6) is 1.47. The predicted molar refractivity (Wildman–Crippen MR) is 70.4 cm³/mol. The van der Waals surface area contributed by atoms with Crippen LogP contribution in [0.2, 0.25) is 0 Å². The molecule has 0 bridgehead atoms. The van der Waals surface area contributed by atoms with Crippen LogP contribution in [-0.2, 0) is 17.6 Å². The lowest BCUT2D eigenvalue weighted by molar-refractivity contribution is -0.122. The summed E-state index contributed by atoms with van der Waals surface area (Å²) >= 11 is 0. The Morgan fingerprint density at radius 1 is 1.17 bits per heavy atom. The summed E-state index contributed by atoms with van der Waals surface area (Å²) in [6.07, 6.45) is 4.28. The summed E-state index contributed by atoms with van der Waals surface area (Å²) in [4.78, 5) is 11.4. The first-order valence-electron chi connectivity index (χ1n) is 6.67. The smallest absolute Gasteiger partial charge is 0.207 e. The van der Waals surface area contributed by atoms with Gasteiger partial charge in [-0.05, 0) is 36.5 Å². The summed E-state index contributed by atoms with van der Waals surface area (Å²) in [6, 6.07) is 4.19. The Hall–Kier alpha value is -1.51. The van der Waals surface area contributed by atoms with E-state index in [1.807, 2.05) is 6.07 Å². The van der Waals surface area contributed by atoms with E-state index in [1.165, 1.54) is 18.4 Å². The number of carbonyl (C=O) groups excluding carboxylic acids is 1. The first kappa shape index (κ1) is 12.9. The molecule has 0 atom stereocenters. The molecule has 1 aromatic rings. The molecule has 2 rings (SSSR count). The highest BCUT2D eigenvalue weighted by Gasteiger charge is 2.18. The van der Waals surface area contributed by atoms with E-state index in [1.54, 1.807) is 0 Å². The van der Waals surface area contributed by atoms with Gasteiger partial charge in [0.25, 0.3) is 0 Å². The Morgan fingerprint density at radius 2 is 1.94 bits per heavy atom. The maximum atomic E-state index is 11.4. The molecule has 3 heteroatoms. The third-order valence-electron chi connectivity index (χ3n) is 3.16. The average molecular weight is 248 g/mol. The second-order valence-electron chi connectivity index (χ2n) is 4.66. The van der Waals surface area contributed by atoms with E-state index in [9.17, 15) is 4.79 Å². The lowest BCUT2D eigenvalue weighted by Crippen LogP contribution is -2.15. The number of fused-ring (bicyclic) bond motifs is 1. The van der Waals surface area contributed by atoms with Crippen LogP contribution in [0.15, 0.2) is 12.1 Å². The maximum absolute atomic E-state index is 11.4. The molecule has 18 heavy (non-hydrogen) atoms. The lowest BCUT2D eigenvalue weighted by Gasteiger charge is -2.13. The number of ether oxygens (including phenoxy) is 2. The fourth-order valence-electron chi connectivity index (χ4n) is 2.13. The van der Waals surface area contributed by atoms with Crippen molar-refractivity contribution >= 4 is 5.78 Å². The number of carbonyl (C=O) groups is 1. The highest BCUT2D eigenvalue weighted by Crippen LogP contribution is 2.35. The zero-order valence-electron chi connectivity index (χ0n) is 11.1. The normalized spacial score (nSPS) is 14.4. The first-order chi connectivity index (χ1) is 8.74. The van der Waals surface area contributed by atoms with Crippen molar-refractivity contribution in [3.63, 3.8) is 0 Å². The molecule has 0 radical (unpaired) electrons. The van der Waals surface area contributed by atoms with Crippen LogP contribution in [-0.4, -0.2) is 19.0 Å². The van der Waals surface area contributed by atoms with Crippen molar-refractivity contribution in [2.75, 3.05) is 13.2 Å². The van der Waals surface area contributed by atoms with Crippen LogP contribution in [0.1, 0.15) is 37.8 Å². The molecule has 1 aromatic carbocycles. The zero-order chi connectivity index (χ0) is 13.0. The summed E-state index contributed by atoms with van der Waals surface area (Å²) in [6.45, 7) is 4.51. The van der Waals surface area contributed by atoms with Gasteiger partial charge in [0.2, 0.25) is 5.78 Å². The molecule has 0 fully saturated rings. The van der Waals surface area contributed by atoms with Crippen molar-refractivity contribution in [3.05, 3.63) is 23.3 Å². The van der Waals surface area contributed by atoms with Gasteiger partial charge in [-0.3, -0.25) is 4.79 Å². The van der Waals surface area contributed by atoms with Gasteiger partial charge >= 0.3 is 0 Å². The number of aryl methyl sites for hydroxylation is 2. The van der Waals surface area contributed by atoms with Gasteiger partial charge in [0, 0.05) is 0 Å². The molecule has 98 valence electrons. The van der Waals surface area contributed by atoms with Crippen molar-refractivity contribution in [1.82, 2.24) is 0 Å². The lowest BCUT2D eigenvalue weighted by atomic mass is 10.0. The van der Waals surface area contributed by atoms with Gasteiger partial charge < -0.3 is 9.47 Å². The van der Waals surface area contributed by atoms with Crippen molar-refractivity contribution in [2.24, 2.45) is 0 Å². The molecule has 0 saturated heterocycles. The Bertz CT molecular complexity index is 438. The van der Waals surface area contributed by atoms with Gasteiger partial charge in [0.05, 0.1) is 0 Å². The molecule has 1 aliphatic heterocycles. The first-order valence-corrected chi connectivity index (χ1v) is 6.67. The highest BCUT2D eigenvalue weighted by molar-refractivity contribution is 5.82. The third-order valence-corrected chi connectivity index (χ3v) is 3.16. The second-order valence-corrected chi connectivity index (χ2v) is 4.66. The quantitative estimate of drug-likeness (QED) is 0.821. The number of ketones is 1. The van der Waals surface area contributed by atoms with Crippen LogP contribution < -0.4 is 9.47 Å². The van der Waals surface area contributed by atoms with E-state index in [2.05, 4.69) is 19.9 Å². The topological polar surface area (TPSA) is 35.5 Å². The monoisotopic (exact) mass is 248 g/mol. The number of rotatable bonds is 4. The molecule has 0 saturated carbocycles. The Balaban J connectivity index is 2.31. The second kappa shape index (κ2) is 5.89. The molecule has 1 aliphatic rings. The Kier molecular flexibility index (Phi) is 4.24. The fraction of sp³-hybridized carbons (Fsp3) is 0.533. The van der Waals surface area contributed by atoms with E-state index in [4.69, 9.17) is 9.47 Å². The number of unbranched alkanes of at least 4 members (excludes halogenated alkanes) is 1. The minimum absolute atomic E-state index is 0.0108. The van der Waals surface area contributed by atoms with Crippen LogP contribution in [0.4, 0.5) is 0 Å². The average Bonchev–Trinajstić information content (AvgIpc) is 2.58. The molecule has 0 unspecified atom stereocenters. The van der Waals surface area contributed by atoms with Gasteiger partial charge in [-0.1, -0.05) is 26.3 Å². The van der Waals surface area contributed by atoms with Gasteiger partial charge in [-0.2, -0.15) is 0 Å². The molecule has 1 heterocycles. The molecule has 0 spiro atoms. The largest absolute Gasteiger partial charge is 0.482 e. The maximum Gasteiger partial charge on any atom is 0.207 e. The van der Waals surface area contributed by atoms with Crippen molar-refractivity contribution in [1.29, 1.82) is 0 Å². The van der Waals surface area contributed by atoms with Crippen LogP contribution >= 0.6 is 0 Å². The van der Waals surface area contributed by atoms with Gasteiger partial charge in [0.15, 0.2) is 24.7 Å². The van der Waals surface area contributed by atoms with Crippen LogP contribution in [0.3, 0.4) is 0 Å². The summed E-state index contributed by atoms with van der Waals surface area (Å²) in [5, 5.41) is 0. The number of hydrogen-bond donors (Lipinski definition) is 0. The third kappa shape index (κ3) is 2.84.